The molecule has 3 aromatic heterocycles. The highest BCUT2D eigenvalue weighted by Gasteiger charge is 2.41. The Balaban J connectivity index is 1.47. The Morgan fingerprint density at radius 3 is 2.64 bits per heavy atom. The zero-order valence-corrected chi connectivity index (χ0v) is 18.2. The minimum atomic E-state index is -0.532. The fraction of sp³-hybridized carbons (Fsp3) is 0.200. The van der Waals surface area contributed by atoms with Gasteiger partial charge in [0.05, 0.1) is 23.5 Å². The van der Waals surface area contributed by atoms with Gasteiger partial charge in [-0.25, -0.2) is 13.8 Å². The molecule has 0 amide bonds. The Kier molecular flexibility index (Phi) is 4.28. The van der Waals surface area contributed by atoms with E-state index in [1.54, 1.807) is 16.8 Å². The summed E-state index contributed by atoms with van der Waals surface area (Å²) in [5.74, 6) is 0.223. The van der Waals surface area contributed by atoms with Gasteiger partial charge in [-0.15, -0.1) is 0 Å². The summed E-state index contributed by atoms with van der Waals surface area (Å²) in [4.78, 5) is 11.6. The van der Waals surface area contributed by atoms with Crippen LogP contribution in [0.1, 0.15) is 35.6 Å². The predicted octanol–water partition coefficient (Wildman–Crippen LogP) is 4.72. The molecule has 5 aromatic rings. The number of nitrogens with zero attached hydrogens (tertiary/aromatic N) is 3. The standard InChI is InChI=1S/C25H22F2N6/c1-25(24-28-12-21(31-24)14-3-5-16(26)6-4-14)10-19-18-8-7-17(27)9-20(18)30-23(19)22(32-25)15-11-29-33(2)13-15/h3-9,11-13,22,30,32H,10H2,1-2H3,(H,28,31)/t22?,25-/m1/s1. The number of hydrogen-bond acceptors (Lipinski definition) is 3. The normalized spacial score (nSPS) is 20.3. The van der Waals surface area contributed by atoms with Gasteiger partial charge in [0.2, 0.25) is 0 Å². The van der Waals surface area contributed by atoms with E-state index in [1.165, 1.54) is 24.3 Å². The minimum absolute atomic E-state index is 0.178. The van der Waals surface area contributed by atoms with E-state index in [9.17, 15) is 8.78 Å². The summed E-state index contributed by atoms with van der Waals surface area (Å²) in [5.41, 5.74) is 4.96. The lowest BCUT2D eigenvalue weighted by Gasteiger charge is -2.38. The van der Waals surface area contributed by atoms with Crippen LogP contribution in [0.15, 0.2) is 61.1 Å². The van der Waals surface area contributed by atoms with Crippen molar-refractivity contribution in [2.75, 3.05) is 0 Å². The van der Waals surface area contributed by atoms with Crippen LogP contribution in [-0.4, -0.2) is 24.7 Å². The van der Waals surface area contributed by atoms with Crippen LogP contribution in [0, 0.1) is 11.6 Å². The zero-order valence-electron chi connectivity index (χ0n) is 18.2. The lowest BCUT2D eigenvalue weighted by Crippen LogP contribution is -2.48. The van der Waals surface area contributed by atoms with E-state index in [0.29, 0.717) is 6.42 Å². The first-order chi connectivity index (χ1) is 15.9. The average molecular weight is 444 g/mol. The number of hydrogen-bond donors (Lipinski definition) is 3. The monoisotopic (exact) mass is 444 g/mol. The van der Waals surface area contributed by atoms with E-state index in [0.717, 1.165) is 44.8 Å². The van der Waals surface area contributed by atoms with Crippen LogP contribution in [0.4, 0.5) is 8.78 Å². The largest absolute Gasteiger partial charge is 0.356 e. The van der Waals surface area contributed by atoms with Crippen molar-refractivity contribution in [3.05, 3.63) is 95.3 Å². The quantitative estimate of drug-likeness (QED) is 0.377. The third-order valence-corrected chi connectivity index (χ3v) is 6.48. The van der Waals surface area contributed by atoms with Crippen molar-refractivity contribution >= 4 is 10.9 Å². The van der Waals surface area contributed by atoms with Crippen molar-refractivity contribution < 1.29 is 8.78 Å². The Morgan fingerprint density at radius 2 is 1.88 bits per heavy atom. The molecule has 0 spiro atoms. The van der Waals surface area contributed by atoms with Crippen molar-refractivity contribution in [3.63, 3.8) is 0 Å². The van der Waals surface area contributed by atoms with Crippen LogP contribution < -0.4 is 5.32 Å². The molecule has 1 unspecified atom stereocenters. The fourth-order valence-corrected chi connectivity index (χ4v) is 4.85. The second kappa shape index (κ2) is 7.11. The zero-order chi connectivity index (χ0) is 22.7. The molecule has 2 aromatic carbocycles. The van der Waals surface area contributed by atoms with Crippen LogP contribution in [0.25, 0.3) is 22.2 Å². The Morgan fingerprint density at radius 1 is 1.09 bits per heavy atom. The van der Waals surface area contributed by atoms with Crippen LogP contribution in [0.5, 0.6) is 0 Å². The van der Waals surface area contributed by atoms with Gasteiger partial charge >= 0.3 is 0 Å². The highest BCUT2D eigenvalue weighted by Crippen LogP contribution is 2.41. The van der Waals surface area contributed by atoms with Crippen molar-refractivity contribution in [2.45, 2.75) is 24.9 Å². The van der Waals surface area contributed by atoms with Gasteiger partial charge < -0.3 is 9.97 Å². The highest BCUT2D eigenvalue weighted by molar-refractivity contribution is 5.85. The number of fused-ring (bicyclic) bond motifs is 3. The smallest absolute Gasteiger partial charge is 0.127 e. The van der Waals surface area contributed by atoms with Gasteiger partial charge in [-0.2, -0.15) is 5.10 Å². The second-order valence-electron chi connectivity index (χ2n) is 8.88. The molecule has 6 nitrogen and oxygen atoms in total. The molecule has 33 heavy (non-hydrogen) atoms. The SMILES string of the molecule is Cn1cc(C2N[C@@](C)(c3nc(-c4ccc(F)cc4)c[nH]3)Cc3c2[nH]c2cc(F)ccc32)cn1. The van der Waals surface area contributed by atoms with Crippen molar-refractivity contribution in [1.29, 1.82) is 0 Å². The molecule has 1 aliphatic heterocycles. The first-order valence-corrected chi connectivity index (χ1v) is 10.8. The molecular formula is C25H22F2N6. The average Bonchev–Trinajstić information content (AvgIpc) is 3.52. The maximum Gasteiger partial charge on any atom is 0.127 e. The summed E-state index contributed by atoms with van der Waals surface area (Å²) in [6.07, 6.45) is 6.31. The summed E-state index contributed by atoms with van der Waals surface area (Å²) >= 11 is 0. The van der Waals surface area contributed by atoms with Crippen molar-refractivity contribution in [3.8, 4) is 11.3 Å². The third kappa shape index (κ3) is 3.25. The van der Waals surface area contributed by atoms with Gasteiger partial charge in [0, 0.05) is 53.6 Å². The molecule has 0 radical (unpaired) electrons. The van der Waals surface area contributed by atoms with E-state index < -0.39 is 5.54 Å². The lowest BCUT2D eigenvalue weighted by molar-refractivity contribution is 0.296. The van der Waals surface area contributed by atoms with E-state index in [2.05, 4.69) is 27.3 Å². The summed E-state index contributed by atoms with van der Waals surface area (Å²) in [5, 5.41) is 9.10. The van der Waals surface area contributed by atoms with Crippen LogP contribution in [0.2, 0.25) is 0 Å². The molecule has 0 saturated carbocycles. The lowest BCUT2D eigenvalue weighted by atomic mass is 9.82. The van der Waals surface area contributed by atoms with Gasteiger partial charge in [0.25, 0.3) is 0 Å². The molecule has 2 atom stereocenters. The number of benzene rings is 2. The van der Waals surface area contributed by atoms with E-state index in [4.69, 9.17) is 4.98 Å². The number of aromatic amines is 2. The molecule has 4 heterocycles. The molecule has 1 aliphatic rings. The molecule has 0 saturated heterocycles. The van der Waals surface area contributed by atoms with E-state index in [-0.39, 0.29) is 17.7 Å². The molecule has 3 N–H and O–H groups in total. The maximum absolute atomic E-state index is 13.9. The molecular weight excluding hydrogens is 422 g/mol. The number of halogens is 2. The maximum atomic E-state index is 13.9. The van der Waals surface area contributed by atoms with Gasteiger partial charge in [0.15, 0.2) is 0 Å². The highest BCUT2D eigenvalue weighted by atomic mass is 19.1. The number of aromatic nitrogens is 5. The summed E-state index contributed by atoms with van der Waals surface area (Å²) < 4.78 is 29.1. The number of imidazole rings is 1. The third-order valence-electron chi connectivity index (χ3n) is 6.48. The predicted molar refractivity (Wildman–Crippen MR) is 121 cm³/mol. The summed E-state index contributed by atoms with van der Waals surface area (Å²) in [6.45, 7) is 2.11. The summed E-state index contributed by atoms with van der Waals surface area (Å²) in [7, 11) is 1.88. The van der Waals surface area contributed by atoms with E-state index in [1.807, 2.05) is 31.7 Å². The summed E-state index contributed by atoms with van der Waals surface area (Å²) in [6, 6.07) is 11.0. The van der Waals surface area contributed by atoms with Crippen LogP contribution in [-0.2, 0) is 19.0 Å². The van der Waals surface area contributed by atoms with Crippen molar-refractivity contribution in [1.82, 2.24) is 30.0 Å². The first-order valence-electron chi connectivity index (χ1n) is 10.8. The molecule has 8 heteroatoms. The van der Waals surface area contributed by atoms with E-state index >= 15 is 0 Å². The topological polar surface area (TPSA) is 74.3 Å². The molecule has 0 aliphatic carbocycles. The molecule has 6 rings (SSSR count). The molecule has 166 valence electrons. The Labute approximate surface area is 188 Å². The fourth-order valence-electron chi connectivity index (χ4n) is 4.85. The number of H-pyrrole nitrogens is 2. The van der Waals surface area contributed by atoms with Gasteiger partial charge in [-0.1, -0.05) is 0 Å². The van der Waals surface area contributed by atoms with Gasteiger partial charge in [-0.05, 0) is 55.0 Å². The second-order valence-corrected chi connectivity index (χ2v) is 8.88. The number of aryl methyl sites for hydroxylation is 1. The number of nitrogens with one attached hydrogen (secondary N) is 3. The van der Waals surface area contributed by atoms with Crippen LogP contribution >= 0.6 is 0 Å². The molecule has 0 bridgehead atoms. The minimum Gasteiger partial charge on any atom is -0.356 e. The Hall–Kier alpha value is -3.78. The van der Waals surface area contributed by atoms with Gasteiger partial charge in [0.1, 0.15) is 17.5 Å². The van der Waals surface area contributed by atoms with Crippen LogP contribution in [0.3, 0.4) is 0 Å². The van der Waals surface area contributed by atoms with Gasteiger partial charge in [-0.3, -0.25) is 10.00 Å². The number of rotatable bonds is 3. The van der Waals surface area contributed by atoms with Crippen molar-refractivity contribution in [2.24, 2.45) is 7.05 Å². The molecule has 0 fully saturated rings. The first kappa shape index (κ1) is 19.9. The Bertz CT molecular complexity index is 1480.